The fraction of sp³-hybridized carbons (Fsp3) is 0.409. The van der Waals surface area contributed by atoms with Gasteiger partial charge in [0.15, 0.2) is 0 Å². The lowest BCUT2D eigenvalue weighted by Crippen LogP contribution is -2.24. The molecule has 0 bridgehead atoms. The number of aromatic nitrogens is 2. The zero-order valence-electron chi connectivity index (χ0n) is 15.9. The van der Waals surface area contributed by atoms with E-state index in [0.29, 0.717) is 0 Å². The molecule has 0 amide bonds. The molecule has 0 spiro atoms. The molecule has 1 aliphatic rings. The second kappa shape index (κ2) is 6.98. The summed E-state index contributed by atoms with van der Waals surface area (Å²) in [5, 5.41) is 10.9. The van der Waals surface area contributed by atoms with Crippen LogP contribution in [0.4, 0.5) is 0 Å². The molecule has 0 aliphatic heterocycles. The van der Waals surface area contributed by atoms with E-state index in [9.17, 15) is 9.90 Å². The van der Waals surface area contributed by atoms with Crippen molar-refractivity contribution in [2.24, 2.45) is 12.8 Å². The molecule has 1 heterocycles. The minimum atomic E-state index is -0.832. The minimum absolute atomic E-state index is 0.0199. The van der Waals surface area contributed by atoms with Crippen molar-refractivity contribution >= 4 is 11.0 Å². The Hall–Kier alpha value is -2.37. The molecule has 2 unspecified atom stereocenters. The quantitative estimate of drug-likeness (QED) is 0.743. The lowest BCUT2D eigenvalue weighted by atomic mass is 9.95. The Bertz CT molecular complexity index is 1030. The molecule has 2 atom stereocenters. The summed E-state index contributed by atoms with van der Waals surface area (Å²) < 4.78 is 3.61. The Kier molecular flexibility index (Phi) is 4.66. The topological polar surface area (TPSA) is 73.2 Å². The van der Waals surface area contributed by atoms with Gasteiger partial charge in [-0.3, -0.25) is 9.13 Å². The first kappa shape index (κ1) is 18.0. The molecule has 5 nitrogen and oxygen atoms in total. The second-order valence-electron chi connectivity index (χ2n) is 7.78. The van der Waals surface area contributed by atoms with Crippen LogP contribution in [-0.4, -0.2) is 14.2 Å². The van der Waals surface area contributed by atoms with E-state index in [1.807, 2.05) is 54.0 Å². The van der Waals surface area contributed by atoms with Crippen LogP contribution in [-0.2, 0) is 7.05 Å². The summed E-state index contributed by atoms with van der Waals surface area (Å²) in [6, 6.07) is 13.4. The fourth-order valence-corrected chi connectivity index (χ4v) is 4.35. The molecule has 0 radical (unpaired) electrons. The number of rotatable bonds is 4. The maximum Gasteiger partial charge on any atom is 0.329 e. The number of nitrogens with zero attached hydrogens (tertiary/aromatic N) is 2. The van der Waals surface area contributed by atoms with Crippen LogP contribution in [0, 0.1) is 6.92 Å². The molecule has 1 fully saturated rings. The van der Waals surface area contributed by atoms with Gasteiger partial charge in [-0.1, -0.05) is 48.7 Å². The lowest BCUT2D eigenvalue weighted by Gasteiger charge is -2.20. The first-order valence-electron chi connectivity index (χ1n) is 9.68. The predicted octanol–water partition coefficient (Wildman–Crippen LogP) is 3.50. The Balaban J connectivity index is 1.73. The number of imidazole rings is 1. The normalized spacial score (nSPS) is 17.5. The molecule has 27 heavy (non-hydrogen) atoms. The van der Waals surface area contributed by atoms with Crippen LogP contribution in [0.25, 0.3) is 11.0 Å². The number of hydrogen-bond acceptors (Lipinski definition) is 3. The van der Waals surface area contributed by atoms with Crippen molar-refractivity contribution in [3.05, 3.63) is 69.6 Å². The fourth-order valence-electron chi connectivity index (χ4n) is 4.35. The van der Waals surface area contributed by atoms with Gasteiger partial charge in [0.1, 0.15) is 0 Å². The molecule has 5 heteroatoms. The number of aliphatic hydroxyl groups is 1. The standard InChI is InChI=1S/C22H27N3O2/c1-14-6-5-7-15(12-14)20(23)21(26)16-10-11-18-19(13-16)24(2)22(27)25(18)17-8-3-4-9-17/h5-7,10-13,17,20-21,26H,3-4,8-9,23H2,1-2H3. The summed E-state index contributed by atoms with van der Waals surface area (Å²) in [6.45, 7) is 2.01. The Morgan fingerprint density at radius 3 is 2.52 bits per heavy atom. The van der Waals surface area contributed by atoms with Gasteiger partial charge in [-0.25, -0.2) is 4.79 Å². The molecule has 1 saturated carbocycles. The molecule has 2 aromatic carbocycles. The van der Waals surface area contributed by atoms with Gasteiger partial charge in [-0.05, 0) is 43.0 Å². The average molecular weight is 365 g/mol. The van der Waals surface area contributed by atoms with Crippen molar-refractivity contribution in [1.29, 1.82) is 0 Å². The van der Waals surface area contributed by atoms with E-state index in [-0.39, 0.29) is 11.7 Å². The molecule has 1 aromatic heterocycles. The van der Waals surface area contributed by atoms with Gasteiger partial charge in [0.05, 0.1) is 23.2 Å². The number of benzene rings is 2. The Morgan fingerprint density at radius 1 is 1.07 bits per heavy atom. The van der Waals surface area contributed by atoms with Crippen LogP contribution in [0.5, 0.6) is 0 Å². The number of aryl methyl sites for hydroxylation is 2. The highest BCUT2D eigenvalue weighted by molar-refractivity contribution is 5.77. The van der Waals surface area contributed by atoms with Crippen molar-refractivity contribution in [3.63, 3.8) is 0 Å². The minimum Gasteiger partial charge on any atom is -0.386 e. The van der Waals surface area contributed by atoms with Crippen molar-refractivity contribution in [1.82, 2.24) is 9.13 Å². The van der Waals surface area contributed by atoms with Gasteiger partial charge < -0.3 is 10.8 Å². The van der Waals surface area contributed by atoms with E-state index in [1.165, 1.54) is 12.8 Å². The third-order valence-electron chi connectivity index (χ3n) is 5.91. The smallest absolute Gasteiger partial charge is 0.329 e. The molecular formula is C22H27N3O2. The number of fused-ring (bicyclic) bond motifs is 1. The van der Waals surface area contributed by atoms with E-state index in [1.54, 1.807) is 11.6 Å². The Labute approximate surface area is 159 Å². The van der Waals surface area contributed by atoms with Gasteiger partial charge in [0.25, 0.3) is 0 Å². The maximum atomic E-state index is 12.8. The Morgan fingerprint density at radius 2 is 1.81 bits per heavy atom. The molecule has 142 valence electrons. The van der Waals surface area contributed by atoms with E-state index in [4.69, 9.17) is 5.73 Å². The summed E-state index contributed by atoms with van der Waals surface area (Å²) in [5.41, 5.74) is 10.9. The van der Waals surface area contributed by atoms with E-state index in [0.717, 1.165) is 40.6 Å². The zero-order chi connectivity index (χ0) is 19.1. The van der Waals surface area contributed by atoms with Crippen LogP contribution in [0.1, 0.15) is 60.6 Å². The van der Waals surface area contributed by atoms with Gasteiger partial charge in [0, 0.05) is 13.1 Å². The van der Waals surface area contributed by atoms with Crippen LogP contribution >= 0.6 is 0 Å². The summed E-state index contributed by atoms with van der Waals surface area (Å²) in [7, 11) is 1.80. The summed E-state index contributed by atoms with van der Waals surface area (Å²) in [6.07, 6.45) is 3.63. The van der Waals surface area contributed by atoms with E-state index < -0.39 is 12.1 Å². The van der Waals surface area contributed by atoms with Crippen LogP contribution in [0.15, 0.2) is 47.3 Å². The summed E-state index contributed by atoms with van der Waals surface area (Å²) >= 11 is 0. The largest absolute Gasteiger partial charge is 0.386 e. The first-order chi connectivity index (χ1) is 13.0. The molecule has 3 aromatic rings. The van der Waals surface area contributed by atoms with Crippen LogP contribution in [0.2, 0.25) is 0 Å². The predicted molar refractivity (Wildman–Crippen MR) is 108 cm³/mol. The highest BCUT2D eigenvalue weighted by atomic mass is 16.3. The molecule has 3 N–H and O–H groups in total. The van der Waals surface area contributed by atoms with Crippen molar-refractivity contribution < 1.29 is 5.11 Å². The van der Waals surface area contributed by atoms with Crippen LogP contribution < -0.4 is 11.4 Å². The number of aliphatic hydroxyl groups excluding tert-OH is 1. The summed E-state index contributed by atoms with van der Waals surface area (Å²) in [5.74, 6) is 0. The zero-order valence-corrected chi connectivity index (χ0v) is 15.9. The van der Waals surface area contributed by atoms with Gasteiger partial charge in [0.2, 0.25) is 0 Å². The average Bonchev–Trinajstić information content (AvgIpc) is 3.28. The number of hydrogen-bond donors (Lipinski definition) is 2. The van der Waals surface area contributed by atoms with Gasteiger partial charge in [-0.15, -0.1) is 0 Å². The van der Waals surface area contributed by atoms with Gasteiger partial charge >= 0.3 is 5.69 Å². The van der Waals surface area contributed by atoms with Gasteiger partial charge in [-0.2, -0.15) is 0 Å². The molecule has 0 saturated heterocycles. The first-order valence-corrected chi connectivity index (χ1v) is 9.68. The van der Waals surface area contributed by atoms with Crippen LogP contribution in [0.3, 0.4) is 0 Å². The monoisotopic (exact) mass is 365 g/mol. The molecule has 1 aliphatic carbocycles. The lowest BCUT2D eigenvalue weighted by molar-refractivity contribution is 0.147. The highest BCUT2D eigenvalue weighted by Crippen LogP contribution is 2.33. The van der Waals surface area contributed by atoms with Crippen molar-refractivity contribution in [3.8, 4) is 0 Å². The molecule has 4 rings (SSSR count). The number of nitrogens with two attached hydrogens (primary N) is 1. The summed E-state index contributed by atoms with van der Waals surface area (Å²) in [4.78, 5) is 12.8. The van der Waals surface area contributed by atoms with Crippen molar-refractivity contribution in [2.45, 2.75) is 50.8 Å². The second-order valence-corrected chi connectivity index (χ2v) is 7.78. The van der Waals surface area contributed by atoms with Crippen molar-refractivity contribution in [2.75, 3.05) is 0 Å². The third-order valence-corrected chi connectivity index (χ3v) is 5.91. The highest BCUT2D eigenvalue weighted by Gasteiger charge is 2.24. The van der Waals surface area contributed by atoms with E-state index >= 15 is 0 Å². The third kappa shape index (κ3) is 3.11. The maximum absolute atomic E-state index is 12.8. The SMILES string of the molecule is Cc1cccc(C(N)C(O)c2ccc3c(c2)n(C)c(=O)n3C2CCCC2)c1. The van der Waals surface area contributed by atoms with E-state index in [2.05, 4.69) is 0 Å². The molecular weight excluding hydrogens is 338 g/mol.